The highest BCUT2D eigenvalue weighted by atomic mass is 16.5. The van der Waals surface area contributed by atoms with Gasteiger partial charge in [-0.25, -0.2) is 0 Å². The summed E-state index contributed by atoms with van der Waals surface area (Å²) in [5.74, 6) is 1.01. The van der Waals surface area contributed by atoms with E-state index in [9.17, 15) is 4.79 Å². The maximum atomic E-state index is 12.2. The molecule has 3 heteroatoms. The summed E-state index contributed by atoms with van der Waals surface area (Å²) in [4.78, 5) is 14.4. The highest BCUT2D eigenvalue weighted by Gasteiger charge is 2.29. The molecule has 3 nitrogen and oxygen atoms in total. The standard InChI is InChI=1S/C22H23NO2/c1-25-22-12-5-4-11-20(22)23-14-13-17(24)15-21(23)19-10-6-8-16-7-2-3-9-18(16)19/h4-6,8,10-14,21H,2-3,7,9,15H2,1H3/t21-/m1/s1. The van der Waals surface area contributed by atoms with Crippen molar-refractivity contribution in [3.8, 4) is 5.75 Å². The second kappa shape index (κ2) is 6.75. The summed E-state index contributed by atoms with van der Waals surface area (Å²) >= 11 is 0. The zero-order valence-electron chi connectivity index (χ0n) is 14.6. The van der Waals surface area contributed by atoms with Gasteiger partial charge in [0.05, 0.1) is 18.8 Å². The number of allylic oxidation sites excluding steroid dienone is 1. The number of hydrogen-bond donors (Lipinski definition) is 0. The molecule has 1 aliphatic carbocycles. The molecule has 0 N–H and O–H groups in total. The number of ketones is 1. The normalized spacial score (nSPS) is 19.6. The van der Waals surface area contributed by atoms with Crippen molar-refractivity contribution in [2.45, 2.75) is 38.1 Å². The number of anilines is 1. The predicted molar refractivity (Wildman–Crippen MR) is 100 cm³/mol. The number of nitrogens with zero attached hydrogens (tertiary/aromatic N) is 1. The summed E-state index contributed by atoms with van der Waals surface area (Å²) < 4.78 is 5.56. The number of rotatable bonds is 3. The topological polar surface area (TPSA) is 29.5 Å². The first-order chi connectivity index (χ1) is 12.3. The van der Waals surface area contributed by atoms with Crippen LogP contribution in [0.1, 0.15) is 42.0 Å². The quantitative estimate of drug-likeness (QED) is 0.821. The van der Waals surface area contributed by atoms with E-state index in [1.807, 2.05) is 24.4 Å². The highest BCUT2D eigenvalue weighted by molar-refractivity contribution is 5.93. The van der Waals surface area contributed by atoms with Gasteiger partial charge in [0.25, 0.3) is 0 Å². The SMILES string of the molecule is COc1ccccc1N1C=CC(=O)C[C@@H]1c1cccc2c1CCCC2. The summed E-state index contributed by atoms with van der Waals surface area (Å²) in [6.07, 6.45) is 8.85. The van der Waals surface area contributed by atoms with E-state index in [2.05, 4.69) is 29.2 Å². The number of aryl methyl sites for hydroxylation is 1. The summed E-state index contributed by atoms with van der Waals surface area (Å²) in [7, 11) is 1.69. The number of para-hydroxylation sites is 2. The maximum absolute atomic E-state index is 12.2. The van der Waals surface area contributed by atoms with E-state index >= 15 is 0 Å². The molecule has 0 saturated carbocycles. The zero-order valence-corrected chi connectivity index (χ0v) is 14.6. The second-order valence-corrected chi connectivity index (χ2v) is 6.77. The van der Waals surface area contributed by atoms with Crippen LogP contribution in [-0.2, 0) is 17.6 Å². The molecule has 0 saturated heterocycles. The molecule has 1 heterocycles. The summed E-state index contributed by atoms with van der Waals surface area (Å²) in [5, 5.41) is 0. The Morgan fingerprint density at radius 3 is 2.76 bits per heavy atom. The molecule has 0 amide bonds. The molecule has 0 spiro atoms. The van der Waals surface area contributed by atoms with Crippen LogP contribution in [0.25, 0.3) is 0 Å². The molecule has 1 atom stereocenters. The first kappa shape index (κ1) is 15.9. The molecule has 0 fully saturated rings. The number of fused-ring (bicyclic) bond motifs is 1. The molecule has 2 aromatic rings. The molecule has 0 bridgehead atoms. The van der Waals surface area contributed by atoms with E-state index in [0.717, 1.165) is 24.3 Å². The van der Waals surface area contributed by atoms with Crippen LogP contribution in [0.3, 0.4) is 0 Å². The lowest BCUT2D eigenvalue weighted by atomic mass is 9.83. The van der Waals surface area contributed by atoms with Crippen molar-refractivity contribution in [3.63, 3.8) is 0 Å². The van der Waals surface area contributed by atoms with Gasteiger partial charge in [-0.05, 0) is 60.6 Å². The Labute approximate surface area is 148 Å². The minimum Gasteiger partial charge on any atom is -0.495 e. The molecule has 2 aromatic carbocycles. The number of carbonyl (C=O) groups is 1. The third-order valence-corrected chi connectivity index (χ3v) is 5.31. The number of benzene rings is 2. The fourth-order valence-electron chi connectivity index (χ4n) is 4.10. The van der Waals surface area contributed by atoms with Crippen LogP contribution in [0.2, 0.25) is 0 Å². The fourth-order valence-corrected chi connectivity index (χ4v) is 4.10. The Hall–Kier alpha value is -2.55. The van der Waals surface area contributed by atoms with Gasteiger partial charge in [-0.2, -0.15) is 0 Å². The lowest BCUT2D eigenvalue weighted by Crippen LogP contribution is -2.30. The van der Waals surface area contributed by atoms with Crippen LogP contribution in [0.15, 0.2) is 54.7 Å². The molecule has 4 rings (SSSR count). The van der Waals surface area contributed by atoms with Gasteiger partial charge in [-0.3, -0.25) is 4.79 Å². The predicted octanol–water partition coefficient (Wildman–Crippen LogP) is 4.61. The zero-order chi connectivity index (χ0) is 17.2. The lowest BCUT2D eigenvalue weighted by Gasteiger charge is -2.36. The third-order valence-electron chi connectivity index (χ3n) is 5.31. The van der Waals surface area contributed by atoms with Crippen molar-refractivity contribution < 1.29 is 9.53 Å². The first-order valence-electron chi connectivity index (χ1n) is 9.01. The lowest BCUT2D eigenvalue weighted by molar-refractivity contribution is -0.115. The second-order valence-electron chi connectivity index (χ2n) is 6.77. The average molecular weight is 333 g/mol. The van der Waals surface area contributed by atoms with E-state index in [-0.39, 0.29) is 11.8 Å². The largest absolute Gasteiger partial charge is 0.495 e. The minimum absolute atomic E-state index is 0.0295. The Bertz CT molecular complexity index is 825. The summed E-state index contributed by atoms with van der Waals surface area (Å²) in [6.45, 7) is 0. The molecule has 128 valence electrons. The molecule has 0 radical (unpaired) electrons. The van der Waals surface area contributed by atoms with Gasteiger partial charge < -0.3 is 9.64 Å². The van der Waals surface area contributed by atoms with Gasteiger partial charge >= 0.3 is 0 Å². The number of carbonyl (C=O) groups excluding carboxylic acids is 1. The maximum Gasteiger partial charge on any atom is 0.159 e. The molecule has 25 heavy (non-hydrogen) atoms. The van der Waals surface area contributed by atoms with E-state index in [4.69, 9.17) is 4.74 Å². The van der Waals surface area contributed by atoms with Crippen LogP contribution >= 0.6 is 0 Å². The van der Waals surface area contributed by atoms with Crippen molar-refractivity contribution in [2.75, 3.05) is 12.0 Å². The van der Waals surface area contributed by atoms with Gasteiger partial charge in [0.2, 0.25) is 0 Å². The Morgan fingerprint density at radius 2 is 1.88 bits per heavy atom. The Morgan fingerprint density at radius 1 is 1.04 bits per heavy atom. The van der Waals surface area contributed by atoms with Crippen molar-refractivity contribution in [1.82, 2.24) is 0 Å². The third kappa shape index (κ3) is 2.95. The van der Waals surface area contributed by atoms with Crippen LogP contribution in [-0.4, -0.2) is 12.9 Å². The van der Waals surface area contributed by atoms with E-state index in [0.29, 0.717) is 6.42 Å². The van der Waals surface area contributed by atoms with Crippen molar-refractivity contribution >= 4 is 11.5 Å². The molecule has 0 unspecified atom stereocenters. The highest BCUT2D eigenvalue weighted by Crippen LogP contribution is 2.40. The van der Waals surface area contributed by atoms with Crippen LogP contribution < -0.4 is 9.64 Å². The average Bonchev–Trinajstić information content (AvgIpc) is 2.67. The first-order valence-corrected chi connectivity index (χ1v) is 9.01. The van der Waals surface area contributed by atoms with Gasteiger partial charge in [0, 0.05) is 12.6 Å². The number of ether oxygens (including phenoxy) is 1. The number of hydrogen-bond acceptors (Lipinski definition) is 3. The minimum atomic E-state index is 0.0295. The van der Waals surface area contributed by atoms with Gasteiger partial charge in [-0.1, -0.05) is 30.3 Å². The van der Waals surface area contributed by atoms with E-state index < -0.39 is 0 Å². The Balaban J connectivity index is 1.82. The fraction of sp³-hybridized carbons (Fsp3) is 0.318. The molecular formula is C22H23NO2. The number of methoxy groups -OCH3 is 1. The van der Waals surface area contributed by atoms with Crippen molar-refractivity contribution in [2.24, 2.45) is 0 Å². The molecule has 0 aromatic heterocycles. The molecular weight excluding hydrogens is 310 g/mol. The molecule has 2 aliphatic rings. The van der Waals surface area contributed by atoms with E-state index in [1.54, 1.807) is 13.2 Å². The van der Waals surface area contributed by atoms with Crippen LogP contribution in [0.5, 0.6) is 5.75 Å². The monoisotopic (exact) mass is 333 g/mol. The smallest absolute Gasteiger partial charge is 0.159 e. The Kier molecular flexibility index (Phi) is 4.31. The molecule has 1 aliphatic heterocycles. The van der Waals surface area contributed by atoms with Crippen molar-refractivity contribution in [1.29, 1.82) is 0 Å². The van der Waals surface area contributed by atoms with Gasteiger partial charge in [-0.15, -0.1) is 0 Å². The van der Waals surface area contributed by atoms with Crippen molar-refractivity contribution in [3.05, 3.63) is 71.4 Å². The van der Waals surface area contributed by atoms with Crippen LogP contribution in [0, 0.1) is 0 Å². The van der Waals surface area contributed by atoms with E-state index in [1.165, 1.54) is 29.5 Å². The van der Waals surface area contributed by atoms with Crippen LogP contribution in [0.4, 0.5) is 5.69 Å². The summed E-state index contributed by atoms with van der Waals surface area (Å²) in [6, 6.07) is 14.6. The summed E-state index contributed by atoms with van der Waals surface area (Å²) in [5.41, 5.74) is 5.19. The van der Waals surface area contributed by atoms with Gasteiger partial charge in [0.1, 0.15) is 5.75 Å². The van der Waals surface area contributed by atoms with Gasteiger partial charge in [0.15, 0.2) is 5.78 Å².